The summed E-state index contributed by atoms with van der Waals surface area (Å²) in [4.78, 5) is 4.83. The highest BCUT2D eigenvalue weighted by molar-refractivity contribution is 5.86. The number of para-hydroxylation sites is 1. The molecule has 0 aliphatic carbocycles. The van der Waals surface area contributed by atoms with Gasteiger partial charge < -0.3 is 10.4 Å². The van der Waals surface area contributed by atoms with Gasteiger partial charge >= 0.3 is 0 Å². The molecule has 3 nitrogen and oxygen atoms in total. The van der Waals surface area contributed by atoms with Crippen molar-refractivity contribution < 1.29 is 5.11 Å². The zero-order valence-electron chi connectivity index (χ0n) is 15.0. The first-order valence-corrected chi connectivity index (χ1v) is 9.10. The van der Waals surface area contributed by atoms with Gasteiger partial charge in [-0.1, -0.05) is 54.4 Å². The van der Waals surface area contributed by atoms with Gasteiger partial charge in [-0.2, -0.15) is 0 Å². The van der Waals surface area contributed by atoms with Crippen LogP contribution in [0.5, 0.6) is 0 Å². The van der Waals surface area contributed by atoms with Gasteiger partial charge in [-0.05, 0) is 44.0 Å². The highest BCUT2D eigenvalue weighted by atomic mass is 35.5. The molecule has 0 spiro atoms. The quantitative estimate of drug-likeness (QED) is 0.697. The Bertz CT molecular complexity index is 873. The van der Waals surface area contributed by atoms with Crippen LogP contribution in [-0.4, -0.2) is 22.7 Å². The van der Waals surface area contributed by atoms with E-state index in [1.54, 1.807) is 0 Å². The molecule has 2 atom stereocenters. The summed E-state index contributed by atoms with van der Waals surface area (Å²) in [6, 6.07) is 18.7. The third-order valence-electron chi connectivity index (χ3n) is 5.14. The largest absolute Gasteiger partial charge is 0.387 e. The number of nitrogens with zero attached hydrogens (tertiary/aromatic N) is 1. The SMILES string of the molecule is Cc1ccc(-c2cc([C@@H](O)[C@@H]3CCCCN3)c3ccccc3n2)cc1.Cl. The predicted molar refractivity (Wildman–Crippen MR) is 110 cm³/mol. The van der Waals surface area contributed by atoms with Crippen molar-refractivity contribution in [2.75, 3.05) is 6.54 Å². The van der Waals surface area contributed by atoms with Crippen LogP contribution in [0.15, 0.2) is 54.6 Å². The number of fused-ring (bicyclic) bond motifs is 1. The molecular formula is C22H25ClN2O. The second kappa shape index (κ2) is 8.17. The van der Waals surface area contributed by atoms with Crippen molar-refractivity contribution in [3.05, 3.63) is 65.7 Å². The lowest BCUT2D eigenvalue weighted by molar-refractivity contribution is 0.115. The summed E-state index contributed by atoms with van der Waals surface area (Å²) in [6.07, 6.45) is 2.85. The second-order valence-corrected chi connectivity index (χ2v) is 6.98. The van der Waals surface area contributed by atoms with Gasteiger partial charge in [-0.3, -0.25) is 0 Å². The number of piperidine rings is 1. The van der Waals surface area contributed by atoms with Gasteiger partial charge in [0.1, 0.15) is 0 Å². The van der Waals surface area contributed by atoms with Gasteiger partial charge in [0.15, 0.2) is 0 Å². The number of halogens is 1. The maximum absolute atomic E-state index is 11.1. The summed E-state index contributed by atoms with van der Waals surface area (Å²) in [5.74, 6) is 0. The van der Waals surface area contributed by atoms with Crippen LogP contribution in [-0.2, 0) is 0 Å². The molecule has 2 N–H and O–H groups in total. The maximum atomic E-state index is 11.1. The van der Waals surface area contributed by atoms with E-state index in [1.165, 1.54) is 18.4 Å². The minimum atomic E-state index is -0.516. The number of pyridine rings is 1. The number of nitrogens with one attached hydrogen (secondary N) is 1. The van der Waals surface area contributed by atoms with Crippen LogP contribution in [0.2, 0.25) is 0 Å². The predicted octanol–water partition coefficient (Wildman–Crippen LogP) is 4.81. The maximum Gasteiger partial charge on any atom is 0.0950 e. The molecule has 26 heavy (non-hydrogen) atoms. The van der Waals surface area contributed by atoms with Gasteiger partial charge in [0.25, 0.3) is 0 Å². The minimum Gasteiger partial charge on any atom is -0.387 e. The zero-order valence-corrected chi connectivity index (χ0v) is 15.8. The first kappa shape index (κ1) is 18.8. The topological polar surface area (TPSA) is 45.1 Å². The van der Waals surface area contributed by atoms with E-state index < -0.39 is 6.10 Å². The average Bonchev–Trinajstić information content (AvgIpc) is 2.68. The van der Waals surface area contributed by atoms with Crippen LogP contribution >= 0.6 is 12.4 Å². The Labute approximate surface area is 160 Å². The molecule has 2 aromatic carbocycles. The number of hydrogen-bond acceptors (Lipinski definition) is 3. The van der Waals surface area contributed by atoms with Crippen LogP contribution in [0.25, 0.3) is 22.2 Å². The van der Waals surface area contributed by atoms with Crippen molar-refractivity contribution in [2.45, 2.75) is 38.3 Å². The van der Waals surface area contributed by atoms with Crippen LogP contribution < -0.4 is 5.32 Å². The third kappa shape index (κ3) is 3.75. The fraction of sp³-hybridized carbons (Fsp3) is 0.318. The second-order valence-electron chi connectivity index (χ2n) is 6.98. The number of aromatic nitrogens is 1. The Morgan fingerprint density at radius 1 is 1.08 bits per heavy atom. The molecule has 0 bridgehead atoms. The molecule has 0 saturated carbocycles. The van der Waals surface area contributed by atoms with Crippen LogP contribution in [0, 0.1) is 6.92 Å². The van der Waals surface area contributed by atoms with Crippen molar-refractivity contribution in [3.63, 3.8) is 0 Å². The highest BCUT2D eigenvalue weighted by Crippen LogP contribution is 2.32. The number of hydrogen-bond donors (Lipinski definition) is 2. The number of aliphatic hydroxyl groups is 1. The highest BCUT2D eigenvalue weighted by Gasteiger charge is 2.25. The number of aryl methyl sites for hydroxylation is 1. The molecule has 3 aromatic rings. The average molecular weight is 369 g/mol. The molecule has 1 aliphatic rings. The molecule has 1 saturated heterocycles. The van der Waals surface area contributed by atoms with Crippen LogP contribution in [0.1, 0.15) is 36.5 Å². The first-order chi connectivity index (χ1) is 12.2. The van der Waals surface area contributed by atoms with Crippen molar-refractivity contribution in [2.24, 2.45) is 0 Å². The lowest BCUT2D eigenvalue weighted by Crippen LogP contribution is -2.38. The van der Waals surface area contributed by atoms with Crippen molar-refractivity contribution in [1.82, 2.24) is 10.3 Å². The van der Waals surface area contributed by atoms with Gasteiger partial charge in [-0.25, -0.2) is 4.98 Å². The fourth-order valence-corrected chi connectivity index (χ4v) is 3.68. The van der Waals surface area contributed by atoms with Crippen LogP contribution in [0.3, 0.4) is 0 Å². The van der Waals surface area contributed by atoms with E-state index in [-0.39, 0.29) is 18.4 Å². The Morgan fingerprint density at radius 2 is 1.85 bits per heavy atom. The number of rotatable bonds is 3. The Morgan fingerprint density at radius 3 is 2.58 bits per heavy atom. The summed E-state index contributed by atoms with van der Waals surface area (Å²) in [5, 5.41) is 15.6. The van der Waals surface area contributed by atoms with Crippen LogP contribution in [0.4, 0.5) is 0 Å². The van der Waals surface area contributed by atoms with E-state index in [0.29, 0.717) is 0 Å². The Kier molecular flexibility index (Phi) is 5.92. The van der Waals surface area contributed by atoms with Gasteiger partial charge in [0, 0.05) is 17.0 Å². The summed E-state index contributed by atoms with van der Waals surface area (Å²) in [7, 11) is 0. The number of benzene rings is 2. The molecule has 136 valence electrons. The summed E-state index contributed by atoms with van der Waals surface area (Å²) >= 11 is 0. The normalized spacial score (nSPS) is 18.3. The smallest absolute Gasteiger partial charge is 0.0950 e. The first-order valence-electron chi connectivity index (χ1n) is 9.10. The Hall–Kier alpha value is -1.94. The van der Waals surface area contributed by atoms with Crippen molar-refractivity contribution in [3.8, 4) is 11.3 Å². The van der Waals surface area contributed by atoms with E-state index in [4.69, 9.17) is 4.98 Å². The molecule has 1 fully saturated rings. The standard InChI is InChI=1S/C22H24N2O.ClH/c1-15-9-11-16(12-10-15)21-14-18(17-6-2-3-7-19(17)24-21)22(25)20-8-4-5-13-23-20;/h2-3,6-7,9-12,14,20,22-23,25H,4-5,8,13H2,1H3;1H/t20-,22+;/m0./s1. The lowest BCUT2D eigenvalue weighted by Gasteiger charge is -2.29. The molecule has 1 aliphatic heterocycles. The fourth-order valence-electron chi connectivity index (χ4n) is 3.68. The zero-order chi connectivity index (χ0) is 17.2. The third-order valence-corrected chi connectivity index (χ3v) is 5.14. The van der Waals surface area contributed by atoms with E-state index in [2.05, 4.69) is 48.6 Å². The lowest BCUT2D eigenvalue weighted by atomic mass is 9.92. The molecule has 2 heterocycles. The van der Waals surface area contributed by atoms with E-state index in [0.717, 1.165) is 40.7 Å². The van der Waals surface area contributed by atoms with E-state index >= 15 is 0 Å². The van der Waals surface area contributed by atoms with E-state index in [9.17, 15) is 5.11 Å². The monoisotopic (exact) mass is 368 g/mol. The minimum absolute atomic E-state index is 0. The summed E-state index contributed by atoms with van der Waals surface area (Å²) < 4.78 is 0. The van der Waals surface area contributed by atoms with Crippen molar-refractivity contribution >= 4 is 23.3 Å². The molecule has 0 unspecified atom stereocenters. The number of aliphatic hydroxyl groups excluding tert-OH is 1. The molecule has 0 radical (unpaired) electrons. The van der Waals surface area contributed by atoms with Gasteiger partial charge in [0.2, 0.25) is 0 Å². The van der Waals surface area contributed by atoms with Gasteiger partial charge in [0.05, 0.1) is 17.3 Å². The van der Waals surface area contributed by atoms with Gasteiger partial charge in [-0.15, -0.1) is 12.4 Å². The van der Waals surface area contributed by atoms with E-state index in [1.807, 2.05) is 18.2 Å². The Balaban J connectivity index is 0.00000196. The molecule has 4 heteroatoms. The summed E-state index contributed by atoms with van der Waals surface area (Å²) in [5.41, 5.74) is 5.15. The van der Waals surface area contributed by atoms with Crippen molar-refractivity contribution in [1.29, 1.82) is 0 Å². The summed E-state index contributed by atoms with van der Waals surface area (Å²) in [6.45, 7) is 3.07. The molecule has 0 amide bonds. The molecular weight excluding hydrogens is 344 g/mol. The molecule has 4 rings (SSSR count). The molecule has 1 aromatic heterocycles.